The van der Waals surface area contributed by atoms with Crippen LogP contribution in [0.3, 0.4) is 0 Å². The Labute approximate surface area is 258 Å². The van der Waals surface area contributed by atoms with Gasteiger partial charge in [-0.05, 0) is 89.2 Å². The molecule has 10 heteroatoms. The summed E-state index contributed by atoms with van der Waals surface area (Å²) in [5.74, 6) is -9.59. The summed E-state index contributed by atoms with van der Waals surface area (Å²) >= 11 is 0. The van der Waals surface area contributed by atoms with Crippen molar-refractivity contribution >= 4 is 0 Å². The fourth-order valence-corrected chi connectivity index (χ4v) is 5.10. The minimum Gasteiger partial charge on any atom is -0.429 e. The van der Waals surface area contributed by atoms with E-state index in [9.17, 15) is 35.1 Å². The molecule has 46 heavy (non-hydrogen) atoms. The lowest BCUT2D eigenvalue weighted by molar-refractivity contribution is -0.189. The Kier molecular flexibility index (Phi) is 9.46. The topological polar surface area (TPSA) is 9.23 Å². The van der Waals surface area contributed by atoms with E-state index in [1.54, 1.807) is 0 Å². The zero-order chi connectivity index (χ0) is 33.2. The number of unbranched alkanes of at least 4 members (excludes halogenated alkanes) is 2. The van der Waals surface area contributed by atoms with Gasteiger partial charge in [-0.3, -0.25) is 0 Å². The van der Waals surface area contributed by atoms with Gasteiger partial charge in [0.05, 0.1) is 0 Å². The quantitative estimate of drug-likeness (QED) is 0.0835. The first kappa shape index (κ1) is 32.7. The van der Waals surface area contributed by atoms with Crippen molar-refractivity contribution < 1.29 is 44.3 Å². The molecule has 0 amide bonds. The van der Waals surface area contributed by atoms with Gasteiger partial charge in [-0.1, -0.05) is 56.2 Å². The number of aryl methyl sites for hydroxylation is 1. The smallest absolute Gasteiger partial charge is 0.429 e. The zero-order valence-electron chi connectivity index (χ0n) is 24.2. The maximum Gasteiger partial charge on any atom is 0.432 e. The van der Waals surface area contributed by atoms with Gasteiger partial charge in [-0.25, -0.2) is 30.7 Å². The number of hydrogen-bond acceptors (Lipinski definition) is 1. The largest absolute Gasteiger partial charge is 0.432 e. The standard InChI is InChI=1S/C36H25F9O/c1-2-3-4-5-20-14-30(39)34(31(40)15-20)36(44,45)46-25-10-6-21(7-11-25)22-8-12-26(28(37)16-22)23-9-13-27(29(38)17-23)24-18-32(41)35(43)33(42)19-24/h6-19H,2-5H2,1H3. The normalized spacial score (nSPS) is 11.6. The van der Waals surface area contributed by atoms with Crippen molar-refractivity contribution in [2.24, 2.45) is 0 Å². The molecule has 0 N–H and O–H groups in total. The zero-order valence-corrected chi connectivity index (χ0v) is 24.2. The molecule has 5 rings (SSSR count). The summed E-state index contributed by atoms with van der Waals surface area (Å²) in [6, 6.07) is 15.5. The summed E-state index contributed by atoms with van der Waals surface area (Å²) in [5.41, 5.74) is -0.898. The second-order valence-electron chi connectivity index (χ2n) is 10.7. The number of rotatable bonds is 10. The van der Waals surface area contributed by atoms with Crippen LogP contribution in [-0.2, 0) is 12.5 Å². The van der Waals surface area contributed by atoms with Crippen molar-refractivity contribution in [3.63, 3.8) is 0 Å². The van der Waals surface area contributed by atoms with Gasteiger partial charge in [-0.2, -0.15) is 8.78 Å². The van der Waals surface area contributed by atoms with Crippen molar-refractivity contribution in [3.8, 4) is 39.1 Å². The first-order chi connectivity index (χ1) is 21.9. The molecule has 0 aliphatic heterocycles. The first-order valence-electron chi connectivity index (χ1n) is 14.3. The molecule has 0 bridgehead atoms. The highest BCUT2D eigenvalue weighted by Crippen LogP contribution is 2.37. The lowest BCUT2D eigenvalue weighted by Gasteiger charge is -2.20. The highest BCUT2D eigenvalue weighted by molar-refractivity contribution is 5.74. The molecular formula is C36H25F9O. The molecule has 0 radical (unpaired) electrons. The molecule has 0 aliphatic carbocycles. The van der Waals surface area contributed by atoms with Crippen LogP contribution in [0.1, 0.15) is 37.3 Å². The van der Waals surface area contributed by atoms with Gasteiger partial charge in [0.1, 0.15) is 34.6 Å². The van der Waals surface area contributed by atoms with Crippen molar-refractivity contribution in [3.05, 3.63) is 137 Å². The van der Waals surface area contributed by atoms with E-state index in [0.29, 0.717) is 36.1 Å². The fourth-order valence-electron chi connectivity index (χ4n) is 5.10. The third-order valence-electron chi connectivity index (χ3n) is 7.44. The summed E-state index contributed by atoms with van der Waals surface area (Å²) in [6.07, 6.45) is -1.59. The van der Waals surface area contributed by atoms with E-state index >= 15 is 4.39 Å². The molecular weight excluding hydrogens is 619 g/mol. The van der Waals surface area contributed by atoms with Crippen molar-refractivity contribution in [1.82, 2.24) is 0 Å². The molecule has 0 spiro atoms. The molecule has 5 aromatic carbocycles. The third-order valence-corrected chi connectivity index (χ3v) is 7.44. The van der Waals surface area contributed by atoms with Crippen LogP contribution < -0.4 is 4.74 Å². The second-order valence-corrected chi connectivity index (χ2v) is 10.7. The van der Waals surface area contributed by atoms with Crippen molar-refractivity contribution in [2.75, 3.05) is 0 Å². The summed E-state index contributed by atoms with van der Waals surface area (Å²) < 4.78 is 134. The van der Waals surface area contributed by atoms with Gasteiger partial charge in [-0.15, -0.1) is 0 Å². The molecule has 0 heterocycles. The summed E-state index contributed by atoms with van der Waals surface area (Å²) in [7, 11) is 0. The highest BCUT2D eigenvalue weighted by Gasteiger charge is 2.41. The van der Waals surface area contributed by atoms with Gasteiger partial charge < -0.3 is 4.74 Å². The lowest BCUT2D eigenvalue weighted by atomic mass is 9.97. The number of hydrogen-bond donors (Lipinski definition) is 0. The minimum absolute atomic E-state index is 0.00861. The van der Waals surface area contributed by atoms with Crippen LogP contribution >= 0.6 is 0 Å². The third kappa shape index (κ3) is 6.90. The van der Waals surface area contributed by atoms with Crippen LogP contribution in [0.5, 0.6) is 5.75 Å². The van der Waals surface area contributed by atoms with Crippen LogP contribution in [-0.4, -0.2) is 0 Å². The Morgan fingerprint density at radius 3 is 1.59 bits per heavy atom. The molecule has 0 aliphatic rings. The van der Waals surface area contributed by atoms with E-state index in [0.717, 1.165) is 49.2 Å². The van der Waals surface area contributed by atoms with Gasteiger partial charge in [0.15, 0.2) is 17.5 Å². The summed E-state index contributed by atoms with van der Waals surface area (Å²) in [4.78, 5) is 0. The Morgan fingerprint density at radius 1 is 0.522 bits per heavy atom. The fraction of sp³-hybridized carbons (Fsp3) is 0.167. The Bertz CT molecular complexity index is 1840. The molecule has 0 unspecified atom stereocenters. The number of ether oxygens (including phenoxy) is 1. The average Bonchev–Trinajstić information content (AvgIpc) is 2.99. The molecule has 0 saturated carbocycles. The lowest BCUT2D eigenvalue weighted by Crippen LogP contribution is -2.25. The molecule has 0 saturated heterocycles. The van der Waals surface area contributed by atoms with E-state index in [-0.39, 0.29) is 27.8 Å². The predicted molar refractivity (Wildman–Crippen MR) is 157 cm³/mol. The van der Waals surface area contributed by atoms with E-state index in [2.05, 4.69) is 4.74 Å². The van der Waals surface area contributed by atoms with Crippen LogP contribution in [0, 0.1) is 40.7 Å². The van der Waals surface area contributed by atoms with Crippen LogP contribution in [0.25, 0.3) is 33.4 Å². The monoisotopic (exact) mass is 644 g/mol. The SMILES string of the molecule is CCCCCc1cc(F)c(C(F)(F)Oc2ccc(-c3ccc(-c4ccc(-c5cc(F)c(F)c(F)c5)c(F)c4)c(F)c3)cc2)c(F)c1. The molecule has 0 fully saturated rings. The van der Waals surface area contributed by atoms with Crippen LogP contribution in [0.2, 0.25) is 0 Å². The summed E-state index contributed by atoms with van der Waals surface area (Å²) in [6.45, 7) is 1.96. The Balaban J connectivity index is 1.32. The highest BCUT2D eigenvalue weighted by atomic mass is 19.3. The Morgan fingerprint density at radius 2 is 1.02 bits per heavy atom. The molecule has 238 valence electrons. The number of benzene rings is 5. The predicted octanol–water partition coefficient (Wildman–Crippen LogP) is 11.5. The molecule has 0 atom stereocenters. The van der Waals surface area contributed by atoms with Gasteiger partial charge in [0, 0.05) is 11.1 Å². The van der Waals surface area contributed by atoms with E-state index < -0.39 is 58.1 Å². The molecule has 0 aromatic heterocycles. The van der Waals surface area contributed by atoms with Crippen LogP contribution in [0.15, 0.2) is 84.9 Å². The van der Waals surface area contributed by atoms with Gasteiger partial charge in [0.2, 0.25) is 0 Å². The van der Waals surface area contributed by atoms with Crippen LogP contribution in [0.4, 0.5) is 39.5 Å². The maximum atomic E-state index is 15.1. The number of halogens is 9. The summed E-state index contributed by atoms with van der Waals surface area (Å²) in [5, 5.41) is 0. The maximum absolute atomic E-state index is 15.1. The van der Waals surface area contributed by atoms with E-state index in [1.807, 2.05) is 6.92 Å². The number of alkyl halides is 2. The van der Waals surface area contributed by atoms with E-state index in [1.165, 1.54) is 36.4 Å². The van der Waals surface area contributed by atoms with Gasteiger partial charge in [0.25, 0.3) is 0 Å². The first-order valence-corrected chi connectivity index (χ1v) is 14.3. The van der Waals surface area contributed by atoms with Crippen molar-refractivity contribution in [2.45, 2.75) is 38.7 Å². The average molecular weight is 645 g/mol. The van der Waals surface area contributed by atoms with Crippen molar-refractivity contribution in [1.29, 1.82) is 0 Å². The second kappa shape index (κ2) is 13.3. The minimum atomic E-state index is -4.32. The Hall–Kier alpha value is -4.73. The van der Waals surface area contributed by atoms with Gasteiger partial charge >= 0.3 is 6.11 Å². The molecule has 5 aromatic rings. The molecule has 1 nitrogen and oxygen atoms in total. The van der Waals surface area contributed by atoms with E-state index in [4.69, 9.17) is 0 Å².